The Bertz CT molecular complexity index is 466. The summed E-state index contributed by atoms with van der Waals surface area (Å²) in [6.07, 6.45) is -0.287. The number of halogens is 1. The lowest BCUT2D eigenvalue weighted by Crippen LogP contribution is -2.35. The normalized spacial score (nSPS) is 10.9. The van der Waals surface area contributed by atoms with Crippen molar-refractivity contribution in [1.82, 2.24) is 5.32 Å². The van der Waals surface area contributed by atoms with E-state index in [1.165, 1.54) is 0 Å². The number of alkyl carbamates (subject to hydrolysis) is 1. The number of nitrogens with one attached hydrogen (secondary N) is 1. The van der Waals surface area contributed by atoms with Crippen molar-refractivity contribution in [3.8, 4) is 0 Å². The monoisotopic (exact) mass is 327 g/mol. The molecular formula is C14H18BrNO3. The highest BCUT2D eigenvalue weighted by molar-refractivity contribution is 9.10. The van der Waals surface area contributed by atoms with Crippen molar-refractivity contribution in [1.29, 1.82) is 0 Å². The molecule has 5 heteroatoms. The van der Waals surface area contributed by atoms with E-state index in [2.05, 4.69) is 21.2 Å². The smallest absolute Gasteiger partial charge is 0.408 e. The van der Waals surface area contributed by atoms with Crippen LogP contribution in [0.15, 0.2) is 28.7 Å². The van der Waals surface area contributed by atoms with Gasteiger partial charge in [-0.2, -0.15) is 0 Å². The van der Waals surface area contributed by atoms with E-state index < -0.39 is 11.7 Å². The minimum Gasteiger partial charge on any atom is -0.444 e. The van der Waals surface area contributed by atoms with Crippen molar-refractivity contribution in [2.45, 2.75) is 32.8 Å². The highest BCUT2D eigenvalue weighted by Gasteiger charge is 2.16. The van der Waals surface area contributed by atoms with E-state index in [9.17, 15) is 9.59 Å². The summed E-state index contributed by atoms with van der Waals surface area (Å²) in [5.41, 5.74) is 0.350. The van der Waals surface area contributed by atoms with Gasteiger partial charge in [-0.25, -0.2) is 4.79 Å². The maximum atomic E-state index is 11.7. The number of benzene rings is 1. The van der Waals surface area contributed by atoms with E-state index in [1.807, 2.05) is 24.3 Å². The first-order chi connectivity index (χ1) is 8.76. The number of hydrogen-bond acceptors (Lipinski definition) is 3. The quantitative estimate of drug-likeness (QED) is 0.924. The Kier molecular flexibility index (Phi) is 5.54. The van der Waals surface area contributed by atoms with Crippen molar-refractivity contribution in [3.63, 3.8) is 0 Å². The van der Waals surface area contributed by atoms with Crippen LogP contribution in [-0.4, -0.2) is 24.0 Å². The third-order valence-corrected chi connectivity index (χ3v) is 2.61. The van der Waals surface area contributed by atoms with Gasteiger partial charge in [-0.3, -0.25) is 4.79 Å². The molecule has 0 aromatic heterocycles. The third-order valence-electron chi connectivity index (χ3n) is 2.12. The van der Waals surface area contributed by atoms with Gasteiger partial charge in [0.15, 0.2) is 5.78 Å². The first-order valence-electron chi connectivity index (χ1n) is 5.99. The molecule has 0 aliphatic carbocycles. The Morgan fingerprint density at radius 3 is 2.58 bits per heavy atom. The van der Waals surface area contributed by atoms with Crippen molar-refractivity contribution in [2.24, 2.45) is 0 Å². The highest BCUT2D eigenvalue weighted by Crippen LogP contribution is 2.12. The standard InChI is InChI=1S/C14H18BrNO3/c1-14(2,3)19-13(18)16-9-12(17)8-10-5-4-6-11(15)7-10/h4-7H,8-9H2,1-3H3,(H,16,18). The van der Waals surface area contributed by atoms with Gasteiger partial charge in [0.25, 0.3) is 0 Å². The molecule has 0 aliphatic heterocycles. The number of carbonyl (C=O) groups is 2. The molecule has 0 saturated heterocycles. The van der Waals surface area contributed by atoms with E-state index in [1.54, 1.807) is 20.8 Å². The van der Waals surface area contributed by atoms with Crippen LogP contribution in [0.4, 0.5) is 4.79 Å². The van der Waals surface area contributed by atoms with E-state index >= 15 is 0 Å². The highest BCUT2D eigenvalue weighted by atomic mass is 79.9. The second-order valence-corrected chi connectivity index (χ2v) is 6.12. The van der Waals surface area contributed by atoms with Gasteiger partial charge in [0.2, 0.25) is 0 Å². The molecule has 1 amide bonds. The minimum absolute atomic E-state index is 0.0264. The summed E-state index contributed by atoms with van der Waals surface area (Å²) in [4.78, 5) is 23.1. The molecule has 0 radical (unpaired) electrons. The fourth-order valence-corrected chi connectivity index (χ4v) is 1.87. The molecular weight excluding hydrogens is 310 g/mol. The average molecular weight is 328 g/mol. The molecule has 1 aromatic rings. The first kappa shape index (κ1) is 15.7. The predicted molar refractivity (Wildman–Crippen MR) is 77.1 cm³/mol. The molecule has 0 bridgehead atoms. The van der Waals surface area contributed by atoms with Crippen molar-refractivity contribution in [3.05, 3.63) is 34.3 Å². The molecule has 0 unspecified atom stereocenters. The first-order valence-corrected chi connectivity index (χ1v) is 6.78. The van der Waals surface area contributed by atoms with E-state index in [0.717, 1.165) is 10.0 Å². The van der Waals surface area contributed by atoms with Gasteiger partial charge in [-0.05, 0) is 38.5 Å². The largest absolute Gasteiger partial charge is 0.444 e. The zero-order chi connectivity index (χ0) is 14.5. The molecule has 0 aliphatic rings. The molecule has 1 rings (SSSR count). The minimum atomic E-state index is -0.574. The lowest BCUT2D eigenvalue weighted by Gasteiger charge is -2.19. The summed E-state index contributed by atoms with van der Waals surface area (Å²) < 4.78 is 5.98. The van der Waals surface area contributed by atoms with E-state index in [4.69, 9.17) is 4.74 Å². The van der Waals surface area contributed by atoms with E-state index in [-0.39, 0.29) is 18.7 Å². The van der Waals surface area contributed by atoms with Crippen LogP contribution in [0.3, 0.4) is 0 Å². The van der Waals surface area contributed by atoms with Crippen LogP contribution in [0.2, 0.25) is 0 Å². The molecule has 0 fully saturated rings. The molecule has 104 valence electrons. The summed E-state index contributed by atoms with van der Waals surface area (Å²) in [7, 11) is 0. The second-order valence-electron chi connectivity index (χ2n) is 5.20. The summed E-state index contributed by atoms with van der Waals surface area (Å²) in [6, 6.07) is 7.52. The Morgan fingerprint density at radius 1 is 1.32 bits per heavy atom. The van der Waals surface area contributed by atoms with Gasteiger partial charge in [-0.1, -0.05) is 28.1 Å². The topological polar surface area (TPSA) is 55.4 Å². The summed E-state index contributed by atoms with van der Waals surface area (Å²) in [6.45, 7) is 5.29. The number of ketones is 1. The van der Waals surface area contributed by atoms with Gasteiger partial charge in [0, 0.05) is 10.9 Å². The number of amides is 1. The Hall–Kier alpha value is -1.36. The number of carbonyl (C=O) groups excluding carboxylic acids is 2. The number of ether oxygens (including phenoxy) is 1. The van der Waals surface area contributed by atoms with Crippen LogP contribution in [0.5, 0.6) is 0 Å². The lowest BCUT2D eigenvalue weighted by molar-refractivity contribution is -0.117. The molecule has 1 aromatic carbocycles. The van der Waals surface area contributed by atoms with Crippen molar-refractivity contribution < 1.29 is 14.3 Å². The molecule has 1 N–H and O–H groups in total. The molecule has 0 atom stereocenters. The van der Waals surface area contributed by atoms with Crippen LogP contribution < -0.4 is 5.32 Å². The molecule has 4 nitrogen and oxygen atoms in total. The Morgan fingerprint density at radius 2 is 2.00 bits per heavy atom. The Balaban J connectivity index is 2.38. The van der Waals surface area contributed by atoms with Crippen LogP contribution in [0.25, 0.3) is 0 Å². The third kappa shape index (κ3) is 6.96. The molecule has 19 heavy (non-hydrogen) atoms. The van der Waals surface area contributed by atoms with Crippen molar-refractivity contribution >= 4 is 27.8 Å². The lowest BCUT2D eigenvalue weighted by atomic mass is 10.1. The Labute approximate surface area is 121 Å². The molecule has 0 saturated carbocycles. The average Bonchev–Trinajstić information content (AvgIpc) is 2.24. The van der Waals surface area contributed by atoms with Crippen LogP contribution in [0, 0.1) is 0 Å². The van der Waals surface area contributed by atoms with Crippen LogP contribution in [-0.2, 0) is 16.0 Å². The second kappa shape index (κ2) is 6.70. The summed E-state index contributed by atoms with van der Waals surface area (Å²) in [5, 5.41) is 2.45. The van der Waals surface area contributed by atoms with Gasteiger partial charge in [0.05, 0.1) is 6.54 Å². The van der Waals surface area contributed by atoms with E-state index in [0.29, 0.717) is 0 Å². The van der Waals surface area contributed by atoms with Gasteiger partial charge in [-0.15, -0.1) is 0 Å². The number of hydrogen-bond donors (Lipinski definition) is 1. The van der Waals surface area contributed by atoms with Gasteiger partial charge in [0.1, 0.15) is 5.60 Å². The SMILES string of the molecule is CC(C)(C)OC(=O)NCC(=O)Cc1cccc(Br)c1. The predicted octanol–water partition coefficient (Wildman–Crippen LogP) is 3.09. The molecule has 0 heterocycles. The maximum Gasteiger partial charge on any atom is 0.408 e. The zero-order valence-corrected chi connectivity index (χ0v) is 12.9. The van der Waals surface area contributed by atoms with Crippen LogP contribution in [0.1, 0.15) is 26.3 Å². The van der Waals surface area contributed by atoms with Gasteiger partial charge < -0.3 is 10.1 Å². The summed E-state index contributed by atoms with van der Waals surface area (Å²) in [5.74, 6) is -0.0658. The van der Waals surface area contributed by atoms with Crippen molar-refractivity contribution in [2.75, 3.05) is 6.54 Å². The summed E-state index contributed by atoms with van der Waals surface area (Å²) >= 11 is 3.35. The molecule has 0 spiro atoms. The zero-order valence-electron chi connectivity index (χ0n) is 11.3. The maximum absolute atomic E-state index is 11.7. The fraction of sp³-hybridized carbons (Fsp3) is 0.429. The number of Topliss-reactive ketones (excluding diaryl/α,β-unsaturated/α-hetero) is 1. The van der Waals surface area contributed by atoms with Gasteiger partial charge >= 0.3 is 6.09 Å². The van der Waals surface area contributed by atoms with Crippen LogP contribution >= 0.6 is 15.9 Å². The number of rotatable bonds is 4. The fourth-order valence-electron chi connectivity index (χ4n) is 1.42.